The Morgan fingerprint density at radius 2 is 0.792 bits per heavy atom. The highest BCUT2D eigenvalue weighted by molar-refractivity contribution is 4.99. The van der Waals surface area contributed by atoms with E-state index < -0.39 is 0 Å². The standard InChI is InChI=1S/C18H36N6/c1-22(2)13-7-10-16-19-17(11-8-14-23(3)4)21-18(20-16)12-9-15-24(5)6/h7-15H2,1-6H3/p+1. The predicted octanol–water partition coefficient (Wildman–Crippen LogP) is 1.47. The molecule has 0 aliphatic heterocycles. The minimum atomic E-state index is 0. The molecule has 0 saturated carbocycles. The van der Waals surface area contributed by atoms with Crippen LogP contribution in [0.2, 0.25) is 0 Å². The first-order valence-electron chi connectivity index (χ1n) is 9.03. The number of nitrogens with zero attached hydrogens (tertiary/aromatic N) is 6. The van der Waals surface area contributed by atoms with Gasteiger partial charge in [0.25, 0.3) is 0 Å². The van der Waals surface area contributed by atoms with Gasteiger partial charge in [-0.1, -0.05) is 0 Å². The first kappa shape index (κ1) is 20.9. The van der Waals surface area contributed by atoms with Gasteiger partial charge in [0.1, 0.15) is 17.5 Å². The highest BCUT2D eigenvalue weighted by Crippen LogP contribution is 2.05. The second kappa shape index (κ2) is 11.4. The fraction of sp³-hybridized carbons (Fsp3) is 0.833. The van der Waals surface area contributed by atoms with Gasteiger partial charge in [0, 0.05) is 19.3 Å². The number of hydrogen-bond donors (Lipinski definition) is 0. The maximum atomic E-state index is 4.70. The van der Waals surface area contributed by atoms with Crippen molar-refractivity contribution in [3.05, 3.63) is 17.5 Å². The molecule has 0 radical (unpaired) electrons. The Morgan fingerprint density at radius 3 is 1.00 bits per heavy atom. The average Bonchev–Trinajstić information content (AvgIpc) is 2.46. The molecular weight excluding hydrogens is 300 g/mol. The van der Waals surface area contributed by atoms with E-state index in [0.717, 1.165) is 75.6 Å². The van der Waals surface area contributed by atoms with E-state index in [1.165, 1.54) is 0 Å². The minimum Gasteiger partial charge on any atom is -0.309 e. The summed E-state index contributed by atoms with van der Waals surface area (Å²) in [6.45, 7) is 3.20. The molecular formula is C18H37N6+. The summed E-state index contributed by atoms with van der Waals surface area (Å²) in [4.78, 5) is 20.7. The maximum absolute atomic E-state index is 4.70. The summed E-state index contributed by atoms with van der Waals surface area (Å²) in [5, 5.41) is 0. The van der Waals surface area contributed by atoms with Crippen molar-refractivity contribution in [3.8, 4) is 0 Å². The molecule has 0 amide bonds. The lowest BCUT2D eigenvalue weighted by molar-refractivity contribution is 0.393. The summed E-state index contributed by atoms with van der Waals surface area (Å²) in [7, 11) is 12.6. The summed E-state index contributed by atoms with van der Waals surface area (Å²) in [5.74, 6) is 2.89. The monoisotopic (exact) mass is 337 g/mol. The molecule has 0 aliphatic rings. The third-order valence-corrected chi connectivity index (χ3v) is 3.79. The predicted molar refractivity (Wildman–Crippen MR) is 102 cm³/mol. The molecule has 6 heteroatoms. The van der Waals surface area contributed by atoms with Crippen LogP contribution in [0.3, 0.4) is 0 Å². The van der Waals surface area contributed by atoms with E-state index in [1.807, 2.05) is 0 Å². The molecule has 1 heterocycles. The molecule has 0 spiro atoms. The fourth-order valence-electron chi connectivity index (χ4n) is 2.52. The van der Waals surface area contributed by atoms with E-state index in [1.54, 1.807) is 0 Å². The van der Waals surface area contributed by atoms with Crippen LogP contribution >= 0.6 is 0 Å². The van der Waals surface area contributed by atoms with Crippen LogP contribution in [0.1, 0.15) is 38.2 Å². The molecule has 138 valence electrons. The van der Waals surface area contributed by atoms with Crippen molar-refractivity contribution in [1.82, 2.24) is 29.7 Å². The Kier molecular flexibility index (Phi) is 9.98. The third-order valence-electron chi connectivity index (χ3n) is 3.79. The van der Waals surface area contributed by atoms with E-state index in [2.05, 4.69) is 57.0 Å². The summed E-state index contributed by atoms with van der Waals surface area (Å²) in [6, 6.07) is 0. The van der Waals surface area contributed by atoms with Gasteiger partial charge < -0.3 is 14.7 Å². The van der Waals surface area contributed by atoms with Gasteiger partial charge in [-0.3, -0.25) is 0 Å². The Hall–Kier alpha value is -1.11. The molecule has 0 aliphatic carbocycles. The number of rotatable bonds is 12. The lowest BCUT2D eigenvalue weighted by atomic mass is 10.2. The third kappa shape index (κ3) is 9.90. The SMILES string of the molecule is CN(C)CCCc1nc(CCCN(C)C)nc(CCCN(C)C)n1.[H+]. The van der Waals surface area contributed by atoms with Crippen LogP contribution in [0.15, 0.2) is 0 Å². The van der Waals surface area contributed by atoms with Crippen LogP contribution in [-0.2, 0) is 19.3 Å². The van der Waals surface area contributed by atoms with E-state index in [9.17, 15) is 0 Å². The van der Waals surface area contributed by atoms with Gasteiger partial charge in [-0.05, 0) is 81.2 Å². The second-order valence-electron chi connectivity index (χ2n) is 7.30. The van der Waals surface area contributed by atoms with Crippen LogP contribution in [0, 0.1) is 0 Å². The number of aryl methyl sites for hydroxylation is 3. The largest absolute Gasteiger partial charge is 1.00 e. The van der Waals surface area contributed by atoms with E-state index >= 15 is 0 Å². The lowest BCUT2D eigenvalue weighted by Gasteiger charge is -2.12. The van der Waals surface area contributed by atoms with Crippen molar-refractivity contribution in [2.75, 3.05) is 61.9 Å². The molecule has 0 saturated heterocycles. The van der Waals surface area contributed by atoms with Crippen LogP contribution in [0.5, 0.6) is 0 Å². The fourth-order valence-corrected chi connectivity index (χ4v) is 2.52. The molecule has 1 rings (SSSR count). The molecule has 1 aromatic rings. The molecule has 1 aromatic heterocycles. The zero-order valence-corrected chi connectivity index (χ0v) is 16.5. The molecule has 24 heavy (non-hydrogen) atoms. The Labute approximate surface area is 149 Å². The topological polar surface area (TPSA) is 48.4 Å². The van der Waals surface area contributed by atoms with Gasteiger partial charge in [-0.2, -0.15) is 0 Å². The summed E-state index contributed by atoms with van der Waals surface area (Å²) >= 11 is 0. The summed E-state index contributed by atoms with van der Waals surface area (Å²) in [6.07, 6.45) is 6.06. The summed E-state index contributed by atoms with van der Waals surface area (Å²) in [5.41, 5.74) is 0. The number of aromatic nitrogens is 3. The Balaban J connectivity index is 0.00000576. The van der Waals surface area contributed by atoms with Crippen molar-refractivity contribution in [3.63, 3.8) is 0 Å². The van der Waals surface area contributed by atoms with Crippen molar-refractivity contribution < 1.29 is 1.43 Å². The Bertz CT molecular complexity index is 386. The molecule has 6 nitrogen and oxygen atoms in total. The van der Waals surface area contributed by atoms with Crippen LogP contribution < -0.4 is 0 Å². The lowest BCUT2D eigenvalue weighted by Crippen LogP contribution is -2.17. The van der Waals surface area contributed by atoms with E-state index in [4.69, 9.17) is 15.0 Å². The van der Waals surface area contributed by atoms with Crippen LogP contribution in [0.4, 0.5) is 0 Å². The Morgan fingerprint density at radius 1 is 0.542 bits per heavy atom. The van der Waals surface area contributed by atoms with E-state index in [-0.39, 0.29) is 1.43 Å². The molecule has 0 aromatic carbocycles. The van der Waals surface area contributed by atoms with Crippen molar-refractivity contribution in [2.45, 2.75) is 38.5 Å². The quantitative estimate of drug-likeness (QED) is 0.576. The van der Waals surface area contributed by atoms with Crippen molar-refractivity contribution >= 4 is 0 Å². The van der Waals surface area contributed by atoms with Crippen molar-refractivity contribution in [1.29, 1.82) is 0 Å². The van der Waals surface area contributed by atoms with Crippen LogP contribution in [0.25, 0.3) is 0 Å². The average molecular weight is 338 g/mol. The van der Waals surface area contributed by atoms with Gasteiger partial charge in [-0.25, -0.2) is 15.0 Å². The van der Waals surface area contributed by atoms with E-state index in [0.29, 0.717) is 0 Å². The molecule has 0 atom stereocenters. The van der Waals surface area contributed by atoms with Gasteiger partial charge in [0.2, 0.25) is 0 Å². The van der Waals surface area contributed by atoms with Gasteiger partial charge >= 0.3 is 1.43 Å². The second-order valence-corrected chi connectivity index (χ2v) is 7.30. The molecule has 0 N–H and O–H groups in total. The van der Waals surface area contributed by atoms with Crippen LogP contribution in [-0.4, -0.2) is 91.6 Å². The molecule has 0 fully saturated rings. The highest BCUT2D eigenvalue weighted by atomic mass is 15.1. The molecule has 0 bridgehead atoms. The normalized spacial score (nSPS) is 11.9. The summed E-state index contributed by atoms with van der Waals surface area (Å²) < 4.78 is 0. The van der Waals surface area contributed by atoms with Gasteiger partial charge in [-0.15, -0.1) is 0 Å². The maximum Gasteiger partial charge on any atom is 1.00 e. The highest BCUT2D eigenvalue weighted by Gasteiger charge is 2.08. The van der Waals surface area contributed by atoms with Crippen molar-refractivity contribution in [2.24, 2.45) is 0 Å². The zero-order valence-electron chi connectivity index (χ0n) is 17.5. The van der Waals surface area contributed by atoms with Gasteiger partial charge in [0.05, 0.1) is 0 Å². The first-order chi connectivity index (χ1) is 11.4. The molecule has 0 unspecified atom stereocenters. The number of hydrogen-bond acceptors (Lipinski definition) is 6. The first-order valence-corrected chi connectivity index (χ1v) is 9.03. The minimum absolute atomic E-state index is 0. The zero-order chi connectivity index (χ0) is 17.9. The van der Waals surface area contributed by atoms with Gasteiger partial charge in [0.15, 0.2) is 0 Å². The smallest absolute Gasteiger partial charge is 0.309 e.